The molecule has 1 fully saturated rings. The zero-order valence-corrected chi connectivity index (χ0v) is 13.3. The van der Waals surface area contributed by atoms with Crippen LogP contribution in [0.25, 0.3) is 0 Å². The smallest absolute Gasteiger partial charge is 0.255 e. The molecule has 5 nitrogen and oxygen atoms in total. The van der Waals surface area contributed by atoms with Gasteiger partial charge >= 0.3 is 0 Å². The molecular weight excluding hydrogens is 292 g/mol. The summed E-state index contributed by atoms with van der Waals surface area (Å²) in [7, 11) is 3.12. The maximum atomic E-state index is 12.4. The van der Waals surface area contributed by atoms with Crippen LogP contribution in [-0.2, 0) is 0 Å². The van der Waals surface area contributed by atoms with Gasteiger partial charge in [-0.15, -0.1) is 0 Å². The molecule has 5 heteroatoms. The topological polar surface area (TPSA) is 59.6 Å². The highest BCUT2D eigenvalue weighted by Crippen LogP contribution is 2.26. The van der Waals surface area contributed by atoms with Crippen LogP contribution >= 0.6 is 0 Å². The highest BCUT2D eigenvalue weighted by Gasteiger charge is 2.20. The van der Waals surface area contributed by atoms with Crippen LogP contribution in [0.2, 0.25) is 0 Å². The largest absolute Gasteiger partial charge is 0.497 e. The van der Waals surface area contributed by atoms with Gasteiger partial charge in [-0.3, -0.25) is 4.79 Å². The molecule has 2 N–H and O–H groups in total. The quantitative estimate of drug-likeness (QED) is 0.856. The molecule has 1 aliphatic carbocycles. The molecule has 0 spiro atoms. The third-order valence-corrected chi connectivity index (χ3v) is 3.70. The van der Waals surface area contributed by atoms with Crippen LogP contribution in [0.1, 0.15) is 23.2 Å². The molecule has 120 valence electrons. The number of anilines is 2. The van der Waals surface area contributed by atoms with E-state index < -0.39 is 0 Å². The van der Waals surface area contributed by atoms with Crippen molar-refractivity contribution in [2.75, 3.05) is 24.9 Å². The first-order chi connectivity index (χ1) is 11.2. The first-order valence-corrected chi connectivity index (χ1v) is 7.59. The standard InChI is InChI=1S/C18H20N2O3/c1-22-16-9-12(10-17(11-16)23-2)18(21)20-15-7-5-14(6-8-15)19-13-3-4-13/h5-11,13,19H,3-4H2,1-2H3,(H,20,21). The van der Waals surface area contributed by atoms with Crippen LogP contribution in [0, 0.1) is 0 Å². The van der Waals surface area contributed by atoms with Gasteiger partial charge in [-0.25, -0.2) is 0 Å². The van der Waals surface area contributed by atoms with E-state index in [0.29, 0.717) is 23.1 Å². The number of ether oxygens (including phenoxy) is 2. The molecule has 0 heterocycles. The third-order valence-electron chi connectivity index (χ3n) is 3.70. The van der Waals surface area contributed by atoms with Crippen molar-refractivity contribution in [3.05, 3.63) is 48.0 Å². The summed E-state index contributed by atoms with van der Waals surface area (Å²) in [6.45, 7) is 0. The van der Waals surface area contributed by atoms with Crippen molar-refractivity contribution in [2.24, 2.45) is 0 Å². The average molecular weight is 312 g/mol. The monoisotopic (exact) mass is 312 g/mol. The summed E-state index contributed by atoms with van der Waals surface area (Å²) >= 11 is 0. The predicted octanol–water partition coefficient (Wildman–Crippen LogP) is 3.53. The van der Waals surface area contributed by atoms with E-state index in [-0.39, 0.29) is 5.91 Å². The van der Waals surface area contributed by atoms with Crippen LogP contribution in [0.4, 0.5) is 11.4 Å². The van der Waals surface area contributed by atoms with E-state index in [1.807, 2.05) is 24.3 Å². The van der Waals surface area contributed by atoms with Crippen LogP contribution in [0.3, 0.4) is 0 Å². The van der Waals surface area contributed by atoms with E-state index in [1.54, 1.807) is 32.4 Å². The van der Waals surface area contributed by atoms with E-state index in [2.05, 4.69) is 10.6 Å². The highest BCUT2D eigenvalue weighted by atomic mass is 16.5. The fourth-order valence-electron chi connectivity index (χ4n) is 2.25. The maximum absolute atomic E-state index is 12.4. The Bertz CT molecular complexity index is 672. The molecule has 1 aliphatic rings. The van der Waals surface area contributed by atoms with Gasteiger partial charge in [0.15, 0.2) is 0 Å². The minimum absolute atomic E-state index is 0.204. The summed E-state index contributed by atoms with van der Waals surface area (Å²) in [6.07, 6.45) is 2.46. The van der Waals surface area contributed by atoms with Gasteiger partial charge in [-0.05, 0) is 49.2 Å². The maximum Gasteiger partial charge on any atom is 0.255 e. The van der Waals surface area contributed by atoms with Gasteiger partial charge in [0, 0.05) is 29.0 Å². The van der Waals surface area contributed by atoms with Crippen LogP contribution in [0.15, 0.2) is 42.5 Å². The van der Waals surface area contributed by atoms with Crippen molar-refractivity contribution >= 4 is 17.3 Å². The minimum atomic E-state index is -0.204. The summed E-state index contributed by atoms with van der Waals surface area (Å²) in [4.78, 5) is 12.4. The molecule has 0 radical (unpaired) electrons. The van der Waals surface area contributed by atoms with E-state index in [4.69, 9.17) is 9.47 Å². The van der Waals surface area contributed by atoms with Crippen molar-refractivity contribution in [3.63, 3.8) is 0 Å². The lowest BCUT2D eigenvalue weighted by atomic mass is 10.1. The number of methoxy groups -OCH3 is 2. The normalized spacial score (nSPS) is 13.3. The molecule has 0 aromatic heterocycles. The molecular formula is C18H20N2O3. The van der Waals surface area contributed by atoms with Gasteiger partial charge in [0.2, 0.25) is 0 Å². The summed E-state index contributed by atoms with van der Waals surface area (Å²) in [5, 5.41) is 6.29. The zero-order valence-electron chi connectivity index (χ0n) is 13.3. The molecule has 0 saturated heterocycles. The van der Waals surface area contributed by atoms with Gasteiger partial charge in [0.05, 0.1) is 14.2 Å². The Kier molecular flexibility index (Phi) is 4.37. The Morgan fingerprint density at radius 3 is 2.04 bits per heavy atom. The first-order valence-electron chi connectivity index (χ1n) is 7.59. The molecule has 0 aliphatic heterocycles. The second-order valence-corrected chi connectivity index (χ2v) is 5.55. The van der Waals surface area contributed by atoms with Gasteiger partial charge in [-0.1, -0.05) is 0 Å². The Hall–Kier alpha value is -2.69. The number of hydrogen-bond donors (Lipinski definition) is 2. The van der Waals surface area contributed by atoms with E-state index in [9.17, 15) is 4.79 Å². The Morgan fingerprint density at radius 2 is 1.52 bits per heavy atom. The van der Waals surface area contributed by atoms with Gasteiger partial charge in [0.1, 0.15) is 11.5 Å². The first kappa shape index (κ1) is 15.2. The van der Waals surface area contributed by atoms with E-state index in [0.717, 1.165) is 11.4 Å². The summed E-state index contributed by atoms with van der Waals surface area (Å²) in [6, 6.07) is 13.4. The lowest BCUT2D eigenvalue weighted by molar-refractivity contribution is 0.102. The Morgan fingerprint density at radius 1 is 0.957 bits per heavy atom. The minimum Gasteiger partial charge on any atom is -0.497 e. The Balaban J connectivity index is 1.70. The second-order valence-electron chi connectivity index (χ2n) is 5.55. The third kappa shape index (κ3) is 3.94. The zero-order chi connectivity index (χ0) is 16.2. The van der Waals surface area contributed by atoms with E-state index in [1.165, 1.54) is 12.8 Å². The van der Waals surface area contributed by atoms with Crippen LogP contribution in [-0.4, -0.2) is 26.2 Å². The number of benzene rings is 2. The van der Waals surface area contributed by atoms with Crippen LogP contribution in [0.5, 0.6) is 11.5 Å². The Labute approximate surface area is 135 Å². The molecule has 0 unspecified atom stereocenters. The van der Waals surface area contributed by atoms with Gasteiger partial charge in [-0.2, -0.15) is 0 Å². The average Bonchev–Trinajstić information content (AvgIpc) is 3.40. The summed E-state index contributed by atoms with van der Waals surface area (Å²) < 4.78 is 10.4. The summed E-state index contributed by atoms with van der Waals surface area (Å²) in [5.74, 6) is 0.960. The lowest BCUT2D eigenvalue weighted by Crippen LogP contribution is -2.12. The highest BCUT2D eigenvalue weighted by molar-refractivity contribution is 6.04. The molecule has 2 aromatic carbocycles. The molecule has 2 aromatic rings. The number of hydrogen-bond acceptors (Lipinski definition) is 4. The van der Waals surface area contributed by atoms with Crippen molar-refractivity contribution < 1.29 is 14.3 Å². The SMILES string of the molecule is COc1cc(OC)cc(C(=O)Nc2ccc(NC3CC3)cc2)c1. The predicted molar refractivity (Wildman–Crippen MR) is 90.6 cm³/mol. The molecule has 3 rings (SSSR count). The number of nitrogens with one attached hydrogen (secondary N) is 2. The molecule has 0 bridgehead atoms. The molecule has 23 heavy (non-hydrogen) atoms. The van der Waals surface area contributed by atoms with Crippen molar-refractivity contribution in [1.29, 1.82) is 0 Å². The fraction of sp³-hybridized carbons (Fsp3) is 0.278. The van der Waals surface area contributed by atoms with Gasteiger partial charge in [0.25, 0.3) is 5.91 Å². The van der Waals surface area contributed by atoms with Gasteiger partial charge < -0.3 is 20.1 Å². The molecule has 1 amide bonds. The van der Waals surface area contributed by atoms with Crippen molar-refractivity contribution in [2.45, 2.75) is 18.9 Å². The second kappa shape index (κ2) is 6.60. The summed E-state index contributed by atoms with van der Waals surface area (Å²) in [5.41, 5.74) is 2.31. The number of rotatable bonds is 6. The van der Waals surface area contributed by atoms with E-state index >= 15 is 0 Å². The number of amides is 1. The fourth-order valence-corrected chi connectivity index (χ4v) is 2.25. The number of carbonyl (C=O) groups excluding carboxylic acids is 1. The lowest BCUT2D eigenvalue weighted by Gasteiger charge is -2.10. The molecule has 1 saturated carbocycles. The molecule has 0 atom stereocenters. The van der Waals surface area contributed by atoms with Crippen molar-refractivity contribution in [1.82, 2.24) is 0 Å². The number of carbonyl (C=O) groups is 1. The van der Waals surface area contributed by atoms with Crippen LogP contribution < -0.4 is 20.1 Å². The van der Waals surface area contributed by atoms with Crippen molar-refractivity contribution in [3.8, 4) is 11.5 Å².